The first-order valence-corrected chi connectivity index (χ1v) is 6.69. The second-order valence-electron chi connectivity index (χ2n) is 5.14. The van der Waals surface area contributed by atoms with Gasteiger partial charge in [0.2, 0.25) is 5.91 Å². The fourth-order valence-corrected chi connectivity index (χ4v) is 2.53. The first-order valence-electron chi connectivity index (χ1n) is 6.69. The lowest BCUT2D eigenvalue weighted by Gasteiger charge is -2.17. The molecule has 0 aliphatic heterocycles. The van der Waals surface area contributed by atoms with E-state index in [1.165, 1.54) is 0 Å². The third-order valence-corrected chi connectivity index (χ3v) is 3.85. The topological polar surface area (TPSA) is 49.3 Å². The van der Waals surface area contributed by atoms with Crippen LogP contribution >= 0.6 is 0 Å². The molecule has 3 heteroatoms. The highest BCUT2D eigenvalue weighted by molar-refractivity contribution is 5.83. The zero-order valence-corrected chi connectivity index (χ0v) is 10.8. The summed E-state index contributed by atoms with van der Waals surface area (Å²) in [6, 6.07) is 9.77. The smallest absolute Gasteiger partial charge is 0.227 e. The Morgan fingerprint density at radius 1 is 1.39 bits per heavy atom. The highest BCUT2D eigenvalue weighted by Crippen LogP contribution is 2.25. The molecule has 0 heterocycles. The number of benzene rings is 1. The van der Waals surface area contributed by atoms with Gasteiger partial charge in [0.15, 0.2) is 0 Å². The Morgan fingerprint density at radius 3 is 2.72 bits per heavy atom. The Bertz CT molecular complexity index is 391. The van der Waals surface area contributed by atoms with Crippen LogP contribution in [-0.4, -0.2) is 23.7 Å². The minimum absolute atomic E-state index is 0.0419. The van der Waals surface area contributed by atoms with Crippen LogP contribution in [-0.2, 0) is 4.79 Å². The largest absolute Gasteiger partial charge is 0.393 e. The Kier molecular flexibility index (Phi) is 4.37. The molecule has 0 spiro atoms. The third kappa shape index (κ3) is 3.10. The van der Waals surface area contributed by atoms with Gasteiger partial charge in [0.05, 0.1) is 12.0 Å². The third-order valence-electron chi connectivity index (χ3n) is 3.85. The second kappa shape index (κ2) is 6.01. The molecule has 0 aromatic heterocycles. The highest BCUT2D eigenvalue weighted by Gasteiger charge is 2.26. The van der Waals surface area contributed by atoms with Gasteiger partial charge in [-0.2, -0.15) is 0 Å². The van der Waals surface area contributed by atoms with Crippen molar-refractivity contribution in [1.29, 1.82) is 0 Å². The molecule has 1 aromatic carbocycles. The summed E-state index contributed by atoms with van der Waals surface area (Å²) >= 11 is 0. The van der Waals surface area contributed by atoms with Gasteiger partial charge in [0, 0.05) is 12.5 Å². The monoisotopic (exact) mass is 247 g/mol. The summed E-state index contributed by atoms with van der Waals surface area (Å²) in [6.45, 7) is 2.51. The van der Waals surface area contributed by atoms with Crippen molar-refractivity contribution in [2.45, 2.75) is 38.2 Å². The van der Waals surface area contributed by atoms with Crippen molar-refractivity contribution < 1.29 is 9.90 Å². The lowest BCUT2D eigenvalue weighted by molar-refractivity contribution is -0.122. The zero-order valence-electron chi connectivity index (χ0n) is 10.8. The molecule has 0 unspecified atom stereocenters. The molecule has 1 fully saturated rings. The van der Waals surface area contributed by atoms with Crippen LogP contribution in [0.3, 0.4) is 0 Å². The molecule has 2 N–H and O–H groups in total. The van der Waals surface area contributed by atoms with E-state index >= 15 is 0 Å². The minimum Gasteiger partial charge on any atom is -0.393 e. The number of hydrogen-bond donors (Lipinski definition) is 2. The zero-order chi connectivity index (χ0) is 13.0. The van der Waals surface area contributed by atoms with Crippen LogP contribution in [0.4, 0.5) is 0 Å². The number of aliphatic hydroxyl groups is 1. The van der Waals surface area contributed by atoms with Crippen LogP contribution in [0.1, 0.15) is 37.7 Å². The van der Waals surface area contributed by atoms with Crippen LogP contribution in [0.5, 0.6) is 0 Å². The average molecular weight is 247 g/mol. The van der Waals surface area contributed by atoms with E-state index in [9.17, 15) is 9.90 Å². The number of nitrogens with one attached hydrogen (secondary N) is 1. The van der Waals surface area contributed by atoms with Crippen LogP contribution in [0.25, 0.3) is 0 Å². The van der Waals surface area contributed by atoms with Crippen molar-refractivity contribution in [3.63, 3.8) is 0 Å². The molecule has 1 amide bonds. The normalized spacial score (nSPS) is 24.8. The maximum atomic E-state index is 12.0. The molecule has 1 aromatic rings. The van der Waals surface area contributed by atoms with Crippen LogP contribution < -0.4 is 5.32 Å². The van der Waals surface area contributed by atoms with E-state index in [2.05, 4.69) is 5.32 Å². The van der Waals surface area contributed by atoms with Gasteiger partial charge >= 0.3 is 0 Å². The minimum atomic E-state index is -0.239. The average Bonchev–Trinajstić information content (AvgIpc) is 2.81. The Labute approximate surface area is 108 Å². The van der Waals surface area contributed by atoms with Crippen LogP contribution in [0, 0.1) is 5.92 Å². The number of carbonyl (C=O) groups excluding carboxylic acids is 1. The van der Waals surface area contributed by atoms with Gasteiger partial charge in [-0.25, -0.2) is 0 Å². The summed E-state index contributed by atoms with van der Waals surface area (Å²) in [5, 5.41) is 12.7. The van der Waals surface area contributed by atoms with Gasteiger partial charge in [-0.1, -0.05) is 36.8 Å². The molecule has 1 aliphatic carbocycles. The number of rotatable bonds is 4. The molecule has 3 atom stereocenters. The lowest BCUT2D eigenvalue weighted by Crippen LogP contribution is -2.34. The first-order chi connectivity index (χ1) is 8.68. The maximum absolute atomic E-state index is 12.0. The molecule has 1 aliphatic rings. The van der Waals surface area contributed by atoms with Crippen LogP contribution in [0.15, 0.2) is 30.3 Å². The van der Waals surface area contributed by atoms with E-state index in [0.717, 1.165) is 24.8 Å². The van der Waals surface area contributed by atoms with Gasteiger partial charge in [0.25, 0.3) is 0 Å². The summed E-state index contributed by atoms with van der Waals surface area (Å²) in [5.41, 5.74) is 1.03. The summed E-state index contributed by atoms with van der Waals surface area (Å²) in [6.07, 6.45) is 2.71. The SMILES string of the molecule is C[C@@H](C(=O)NC[C@H]1CCC[C@@H]1O)c1ccccc1. The van der Waals surface area contributed by atoms with E-state index in [-0.39, 0.29) is 23.8 Å². The molecule has 1 saturated carbocycles. The molecule has 98 valence electrons. The lowest BCUT2D eigenvalue weighted by atomic mass is 10.00. The Morgan fingerprint density at radius 2 is 2.11 bits per heavy atom. The fraction of sp³-hybridized carbons (Fsp3) is 0.533. The molecule has 3 nitrogen and oxygen atoms in total. The fourth-order valence-electron chi connectivity index (χ4n) is 2.53. The van der Waals surface area contributed by atoms with Gasteiger partial charge in [-0.3, -0.25) is 4.79 Å². The van der Waals surface area contributed by atoms with Crippen molar-refractivity contribution in [3.8, 4) is 0 Å². The number of carbonyl (C=O) groups is 1. The van der Waals surface area contributed by atoms with E-state index in [0.29, 0.717) is 6.54 Å². The van der Waals surface area contributed by atoms with E-state index in [1.807, 2.05) is 37.3 Å². The molecular formula is C15H21NO2. The highest BCUT2D eigenvalue weighted by atomic mass is 16.3. The molecule has 0 saturated heterocycles. The molecule has 0 bridgehead atoms. The van der Waals surface area contributed by atoms with Crippen molar-refractivity contribution in [3.05, 3.63) is 35.9 Å². The number of hydrogen-bond acceptors (Lipinski definition) is 2. The Balaban J connectivity index is 1.84. The molecule has 2 rings (SSSR count). The maximum Gasteiger partial charge on any atom is 0.227 e. The van der Waals surface area contributed by atoms with Crippen LogP contribution in [0.2, 0.25) is 0 Å². The summed E-state index contributed by atoms with van der Waals surface area (Å²) in [4.78, 5) is 12.0. The van der Waals surface area contributed by atoms with Crippen molar-refractivity contribution in [2.24, 2.45) is 5.92 Å². The number of amides is 1. The molecule has 18 heavy (non-hydrogen) atoms. The van der Waals surface area contributed by atoms with Gasteiger partial charge in [-0.05, 0) is 25.3 Å². The van der Waals surface area contributed by atoms with Gasteiger partial charge < -0.3 is 10.4 Å². The summed E-state index contributed by atoms with van der Waals surface area (Å²) in [5.74, 6) is 0.141. The summed E-state index contributed by atoms with van der Waals surface area (Å²) in [7, 11) is 0. The predicted molar refractivity (Wildman–Crippen MR) is 71.2 cm³/mol. The van der Waals surface area contributed by atoms with Gasteiger partial charge in [-0.15, -0.1) is 0 Å². The molecule has 0 radical (unpaired) electrons. The van der Waals surface area contributed by atoms with Crippen molar-refractivity contribution >= 4 is 5.91 Å². The second-order valence-corrected chi connectivity index (χ2v) is 5.14. The van der Waals surface area contributed by atoms with E-state index in [1.54, 1.807) is 0 Å². The van der Waals surface area contributed by atoms with Crippen molar-refractivity contribution in [2.75, 3.05) is 6.54 Å². The van der Waals surface area contributed by atoms with E-state index in [4.69, 9.17) is 0 Å². The van der Waals surface area contributed by atoms with Gasteiger partial charge in [0.1, 0.15) is 0 Å². The predicted octanol–water partition coefficient (Wildman–Crippen LogP) is 2.07. The van der Waals surface area contributed by atoms with Crippen molar-refractivity contribution in [1.82, 2.24) is 5.32 Å². The Hall–Kier alpha value is -1.35. The quantitative estimate of drug-likeness (QED) is 0.855. The number of aliphatic hydroxyl groups excluding tert-OH is 1. The standard InChI is InChI=1S/C15H21NO2/c1-11(12-6-3-2-4-7-12)15(18)16-10-13-8-5-9-14(13)17/h2-4,6-7,11,13-14,17H,5,8-10H2,1H3,(H,16,18)/t11-,13-,14+/m1/s1. The van der Waals surface area contributed by atoms with E-state index < -0.39 is 0 Å². The summed E-state index contributed by atoms with van der Waals surface area (Å²) < 4.78 is 0. The first kappa shape index (κ1) is 13.1. The molecular weight excluding hydrogens is 226 g/mol.